The zero-order chi connectivity index (χ0) is 13.9. The molecule has 2 N–H and O–H groups in total. The maximum Gasteiger partial charge on any atom is 0.185 e. The van der Waals surface area contributed by atoms with Crippen molar-refractivity contribution in [2.75, 3.05) is 36.0 Å². The van der Waals surface area contributed by atoms with E-state index in [1.54, 1.807) is 11.3 Å². The standard InChI is InChI=1S/C14H17BrN4S/c15-12-2-1-3-13(11(12)10-16)18-5-7-19(8-6-18)14-17-4-9-20-14/h1-4,9H,5-8,10,16H2. The number of benzene rings is 1. The lowest BCUT2D eigenvalue weighted by molar-refractivity contribution is 0.649. The Morgan fingerprint density at radius 2 is 1.95 bits per heavy atom. The number of halogens is 1. The van der Waals surface area contributed by atoms with E-state index in [0.717, 1.165) is 35.8 Å². The molecule has 4 nitrogen and oxygen atoms in total. The first kappa shape index (κ1) is 13.9. The predicted molar refractivity (Wildman–Crippen MR) is 88.6 cm³/mol. The number of nitrogens with zero attached hydrogens (tertiary/aromatic N) is 3. The van der Waals surface area contributed by atoms with Gasteiger partial charge in [0, 0.05) is 60.0 Å². The van der Waals surface area contributed by atoms with Crippen LogP contribution in [0.4, 0.5) is 10.8 Å². The molecule has 0 radical (unpaired) electrons. The van der Waals surface area contributed by atoms with Gasteiger partial charge in [-0.15, -0.1) is 11.3 Å². The molecule has 0 saturated carbocycles. The lowest BCUT2D eigenvalue weighted by Crippen LogP contribution is -2.46. The van der Waals surface area contributed by atoms with Crippen LogP contribution in [0.3, 0.4) is 0 Å². The van der Waals surface area contributed by atoms with E-state index >= 15 is 0 Å². The molecule has 0 amide bonds. The van der Waals surface area contributed by atoms with Crippen LogP contribution in [0.1, 0.15) is 5.56 Å². The van der Waals surface area contributed by atoms with E-state index in [-0.39, 0.29) is 0 Å². The van der Waals surface area contributed by atoms with Crippen molar-refractivity contribution < 1.29 is 0 Å². The van der Waals surface area contributed by atoms with Crippen LogP contribution in [0.15, 0.2) is 34.2 Å². The molecule has 2 heterocycles. The Hall–Kier alpha value is -1.11. The van der Waals surface area contributed by atoms with E-state index < -0.39 is 0 Å². The highest BCUT2D eigenvalue weighted by Crippen LogP contribution is 2.29. The van der Waals surface area contributed by atoms with Gasteiger partial charge in [-0.05, 0) is 12.1 Å². The first-order valence-corrected chi connectivity index (χ1v) is 8.33. The van der Waals surface area contributed by atoms with Gasteiger partial charge in [0.1, 0.15) is 0 Å². The Morgan fingerprint density at radius 1 is 1.20 bits per heavy atom. The van der Waals surface area contributed by atoms with Gasteiger partial charge in [0.2, 0.25) is 0 Å². The minimum atomic E-state index is 0.559. The SMILES string of the molecule is NCc1c(Br)cccc1N1CCN(c2nccs2)CC1. The summed E-state index contributed by atoms with van der Waals surface area (Å²) in [5.74, 6) is 0. The Balaban J connectivity index is 1.74. The van der Waals surface area contributed by atoms with Gasteiger partial charge in [-0.25, -0.2) is 4.98 Å². The van der Waals surface area contributed by atoms with Crippen molar-refractivity contribution >= 4 is 38.1 Å². The molecule has 0 unspecified atom stereocenters. The second-order valence-corrected chi connectivity index (χ2v) is 6.46. The monoisotopic (exact) mass is 352 g/mol. The molecule has 106 valence electrons. The zero-order valence-electron chi connectivity index (χ0n) is 11.1. The highest BCUT2D eigenvalue weighted by Gasteiger charge is 2.20. The molecule has 0 bridgehead atoms. The summed E-state index contributed by atoms with van der Waals surface area (Å²) in [7, 11) is 0. The normalized spacial score (nSPS) is 15.7. The van der Waals surface area contributed by atoms with E-state index in [9.17, 15) is 0 Å². The maximum absolute atomic E-state index is 5.89. The minimum absolute atomic E-state index is 0.559. The summed E-state index contributed by atoms with van der Waals surface area (Å²) in [5.41, 5.74) is 8.33. The molecule has 1 aliphatic rings. The van der Waals surface area contributed by atoms with Crippen LogP contribution in [0, 0.1) is 0 Å². The van der Waals surface area contributed by atoms with Crippen LogP contribution >= 0.6 is 27.3 Å². The van der Waals surface area contributed by atoms with Crippen molar-refractivity contribution in [3.63, 3.8) is 0 Å². The molecule has 3 rings (SSSR count). The van der Waals surface area contributed by atoms with Gasteiger partial charge in [-0.2, -0.15) is 0 Å². The van der Waals surface area contributed by atoms with Crippen molar-refractivity contribution in [2.24, 2.45) is 5.73 Å². The van der Waals surface area contributed by atoms with Crippen LogP contribution in [0.5, 0.6) is 0 Å². The Bertz CT molecular complexity index is 565. The second kappa shape index (κ2) is 6.11. The molecule has 20 heavy (non-hydrogen) atoms. The molecular weight excluding hydrogens is 336 g/mol. The molecule has 1 aliphatic heterocycles. The predicted octanol–water partition coefficient (Wildman–Crippen LogP) is 2.69. The van der Waals surface area contributed by atoms with Crippen LogP contribution in [0.25, 0.3) is 0 Å². The molecule has 6 heteroatoms. The highest BCUT2D eigenvalue weighted by atomic mass is 79.9. The Kier molecular flexibility index (Phi) is 4.24. The highest BCUT2D eigenvalue weighted by molar-refractivity contribution is 9.10. The van der Waals surface area contributed by atoms with Crippen LogP contribution in [0.2, 0.25) is 0 Å². The van der Waals surface area contributed by atoms with Crippen molar-refractivity contribution in [3.8, 4) is 0 Å². The van der Waals surface area contributed by atoms with Gasteiger partial charge in [0.15, 0.2) is 5.13 Å². The number of hydrogen-bond donors (Lipinski definition) is 1. The molecule has 0 aliphatic carbocycles. The smallest absolute Gasteiger partial charge is 0.185 e. The van der Waals surface area contributed by atoms with E-state index in [2.05, 4.69) is 48.9 Å². The topological polar surface area (TPSA) is 45.4 Å². The summed E-state index contributed by atoms with van der Waals surface area (Å²) in [6.07, 6.45) is 1.87. The number of anilines is 2. The fraction of sp³-hybridized carbons (Fsp3) is 0.357. The number of hydrogen-bond acceptors (Lipinski definition) is 5. The maximum atomic E-state index is 5.89. The number of nitrogens with two attached hydrogens (primary N) is 1. The van der Waals surface area contributed by atoms with Gasteiger partial charge in [-0.1, -0.05) is 22.0 Å². The van der Waals surface area contributed by atoms with Gasteiger partial charge in [0.05, 0.1) is 0 Å². The Labute approximate surface area is 131 Å². The fourth-order valence-corrected chi connectivity index (χ4v) is 3.77. The van der Waals surface area contributed by atoms with Gasteiger partial charge in [0.25, 0.3) is 0 Å². The van der Waals surface area contributed by atoms with Crippen molar-refractivity contribution in [3.05, 3.63) is 39.8 Å². The van der Waals surface area contributed by atoms with E-state index in [1.165, 1.54) is 11.3 Å². The third-order valence-electron chi connectivity index (χ3n) is 3.61. The largest absolute Gasteiger partial charge is 0.368 e. The lowest BCUT2D eigenvalue weighted by Gasteiger charge is -2.37. The minimum Gasteiger partial charge on any atom is -0.368 e. The molecule has 1 aromatic carbocycles. The molecular formula is C14H17BrN4S. The number of aromatic nitrogens is 1. The van der Waals surface area contributed by atoms with Gasteiger partial charge in [-0.3, -0.25) is 0 Å². The van der Waals surface area contributed by atoms with Crippen molar-refractivity contribution in [1.82, 2.24) is 4.98 Å². The van der Waals surface area contributed by atoms with Gasteiger partial charge < -0.3 is 15.5 Å². The lowest BCUT2D eigenvalue weighted by atomic mass is 10.1. The number of piperazine rings is 1. The van der Waals surface area contributed by atoms with Crippen molar-refractivity contribution in [2.45, 2.75) is 6.54 Å². The van der Waals surface area contributed by atoms with E-state index in [4.69, 9.17) is 5.73 Å². The first-order chi connectivity index (χ1) is 9.79. The van der Waals surface area contributed by atoms with Crippen LogP contribution < -0.4 is 15.5 Å². The summed E-state index contributed by atoms with van der Waals surface area (Å²) in [6, 6.07) is 6.29. The second-order valence-electron chi connectivity index (χ2n) is 4.73. The van der Waals surface area contributed by atoms with E-state index in [1.807, 2.05) is 11.6 Å². The fourth-order valence-electron chi connectivity index (χ4n) is 2.56. The summed E-state index contributed by atoms with van der Waals surface area (Å²) < 4.78 is 1.10. The Morgan fingerprint density at radius 3 is 2.60 bits per heavy atom. The number of thiazole rings is 1. The summed E-state index contributed by atoms with van der Waals surface area (Å²) >= 11 is 5.30. The van der Waals surface area contributed by atoms with Crippen LogP contribution in [-0.2, 0) is 6.54 Å². The third-order valence-corrected chi connectivity index (χ3v) is 5.18. The quantitative estimate of drug-likeness (QED) is 0.922. The molecule has 1 saturated heterocycles. The average Bonchev–Trinajstić information content (AvgIpc) is 3.01. The summed E-state index contributed by atoms with van der Waals surface area (Å²) in [4.78, 5) is 9.15. The summed E-state index contributed by atoms with van der Waals surface area (Å²) in [5, 5.41) is 3.15. The first-order valence-electron chi connectivity index (χ1n) is 6.66. The van der Waals surface area contributed by atoms with E-state index in [0.29, 0.717) is 6.54 Å². The van der Waals surface area contributed by atoms with Gasteiger partial charge >= 0.3 is 0 Å². The third kappa shape index (κ3) is 2.68. The van der Waals surface area contributed by atoms with Crippen molar-refractivity contribution in [1.29, 1.82) is 0 Å². The van der Waals surface area contributed by atoms with Crippen LogP contribution in [-0.4, -0.2) is 31.2 Å². The molecule has 1 fully saturated rings. The molecule has 0 atom stereocenters. The zero-order valence-corrected chi connectivity index (χ0v) is 13.5. The number of rotatable bonds is 3. The molecule has 0 spiro atoms. The average molecular weight is 353 g/mol. The molecule has 1 aromatic heterocycles. The summed E-state index contributed by atoms with van der Waals surface area (Å²) in [6.45, 7) is 4.57. The molecule has 2 aromatic rings.